The van der Waals surface area contributed by atoms with E-state index in [1.165, 1.54) is 32.1 Å². The van der Waals surface area contributed by atoms with Gasteiger partial charge in [0.05, 0.1) is 6.20 Å². The third kappa shape index (κ3) is 4.06. The van der Waals surface area contributed by atoms with Gasteiger partial charge in [0.25, 0.3) is 0 Å². The van der Waals surface area contributed by atoms with Gasteiger partial charge in [-0.15, -0.1) is 0 Å². The SMILES string of the molecule is CCC1CCCC(CNCC(C)(O)c2cnn(C)c2)C1. The molecule has 2 rings (SSSR count). The minimum atomic E-state index is -0.840. The zero-order valence-corrected chi connectivity index (χ0v) is 13.1. The summed E-state index contributed by atoms with van der Waals surface area (Å²) in [5.41, 5.74) is 0.0372. The summed E-state index contributed by atoms with van der Waals surface area (Å²) in [4.78, 5) is 0. The van der Waals surface area contributed by atoms with Crippen LogP contribution in [0.3, 0.4) is 0 Å². The molecule has 1 aromatic heterocycles. The van der Waals surface area contributed by atoms with Crippen molar-refractivity contribution >= 4 is 0 Å². The Bertz CT molecular complexity index is 414. The quantitative estimate of drug-likeness (QED) is 0.841. The number of hydrogen-bond acceptors (Lipinski definition) is 3. The topological polar surface area (TPSA) is 50.1 Å². The maximum atomic E-state index is 10.5. The number of nitrogens with zero attached hydrogens (tertiary/aromatic N) is 2. The first kappa shape index (κ1) is 15.5. The summed E-state index contributed by atoms with van der Waals surface area (Å²) in [5, 5.41) is 18.1. The molecule has 1 fully saturated rings. The number of nitrogens with one attached hydrogen (secondary N) is 1. The van der Waals surface area contributed by atoms with Crippen LogP contribution in [0.1, 0.15) is 51.5 Å². The van der Waals surface area contributed by atoms with Crippen molar-refractivity contribution in [3.8, 4) is 0 Å². The standard InChI is InChI=1S/C16H29N3O/c1-4-13-6-5-7-14(8-13)9-17-12-16(2,20)15-10-18-19(3)11-15/h10-11,13-14,17,20H,4-9,12H2,1-3H3. The summed E-state index contributed by atoms with van der Waals surface area (Å²) in [7, 11) is 1.87. The maximum Gasteiger partial charge on any atom is 0.102 e. The van der Waals surface area contributed by atoms with Crippen LogP contribution >= 0.6 is 0 Å². The van der Waals surface area contributed by atoms with E-state index in [-0.39, 0.29) is 0 Å². The Labute approximate surface area is 122 Å². The van der Waals surface area contributed by atoms with E-state index in [2.05, 4.69) is 17.3 Å². The molecule has 1 aliphatic carbocycles. The summed E-state index contributed by atoms with van der Waals surface area (Å²) in [6, 6.07) is 0. The first-order valence-electron chi connectivity index (χ1n) is 7.93. The molecule has 0 amide bonds. The van der Waals surface area contributed by atoms with Crippen LogP contribution in [0.15, 0.2) is 12.4 Å². The van der Waals surface area contributed by atoms with Crippen molar-refractivity contribution in [2.24, 2.45) is 18.9 Å². The Kier molecular flexibility index (Phi) is 5.22. The Balaban J connectivity index is 1.77. The molecule has 4 heteroatoms. The fourth-order valence-corrected chi connectivity index (χ4v) is 3.28. The van der Waals surface area contributed by atoms with Crippen LogP contribution in [0, 0.1) is 11.8 Å². The highest BCUT2D eigenvalue weighted by atomic mass is 16.3. The molecule has 0 spiro atoms. The van der Waals surface area contributed by atoms with Crippen LogP contribution in [-0.4, -0.2) is 28.0 Å². The molecule has 3 atom stereocenters. The highest BCUT2D eigenvalue weighted by Crippen LogP contribution is 2.30. The third-order valence-electron chi connectivity index (χ3n) is 4.70. The van der Waals surface area contributed by atoms with Crippen molar-refractivity contribution in [1.29, 1.82) is 0 Å². The molecule has 20 heavy (non-hydrogen) atoms. The molecular formula is C16H29N3O. The molecule has 0 bridgehead atoms. The lowest BCUT2D eigenvalue weighted by Gasteiger charge is -2.30. The first-order chi connectivity index (χ1) is 9.51. The molecule has 1 heterocycles. The Morgan fingerprint density at radius 2 is 2.20 bits per heavy atom. The summed E-state index contributed by atoms with van der Waals surface area (Å²) in [6.45, 7) is 5.76. The zero-order valence-electron chi connectivity index (χ0n) is 13.1. The summed E-state index contributed by atoms with van der Waals surface area (Å²) < 4.78 is 1.73. The van der Waals surface area contributed by atoms with Crippen molar-refractivity contribution in [3.05, 3.63) is 18.0 Å². The van der Waals surface area contributed by atoms with E-state index in [0.717, 1.165) is 23.9 Å². The Morgan fingerprint density at radius 1 is 1.45 bits per heavy atom. The molecule has 0 radical (unpaired) electrons. The normalized spacial score (nSPS) is 26.4. The minimum Gasteiger partial charge on any atom is -0.384 e. The molecule has 2 N–H and O–H groups in total. The summed E-state index contributed by atoms with van der Waals surface area (Å²) in [6.07, 6.45) is 10.4. The van der Waals surface area contributed by atoms with E-state index >= 15 is 0 Å². The minimum absolute atomic E-state index is 0.589. The maximum absolute atomic E-state index is 10.5. The molecule has 1 aromatic rings. The van der Waals surface area contributed by atoms with Gasteiger partial charge < -0.3 is 10.4 Å². The second kappa shape index (κ2) is 6.72. The lowest BCUT2D eigenvalue weighted by Crippen LogP contribution is -2.38. The zero-order chi connectivity index (χ0) is 14.6. The Hall–Kier alpha value is -0.870. The van der Waals surface area contributed by atoms with Gasteiger partial charge in [0.1, 0.15) is 5.60 Å². The van der Waals surface area contributed by atoms with Gasteiger partial charge in [0.15, 0.2) is 0 Å². The van der Waals surface area contributed by atoms with Crippen molar-refractivity contribution in [1.82, 2.24) is 15.1 Å². The van der Waals surface area contributed by atoms with E-state index < -0.39 is 5.60 Å². The number of aliphatic hydroxyl groups is 1. The highest BCUT2D eigenvalue weighted by Gasteiger charge is 2.26. The van der Waals surface area contributed by atoms with Crippen LogP contribution < -0.4 is 5.32 Å². The molecular weight excluding hydrogens is 250 g/mol. The lowest BCUT2D eigenvalue weighted by molar-refractivity contribution is 0.0549. The molecule has 0 aliphatic heterocycles. The molecule has 1 saturated carbocycles. The predicted molar refractivity (Wildman–Crippen MR) is 81.4 cm³/mol. The van der Waals surface area contributed by atoms with Gasteiger partial charge in [-0.05, 0) is 38.1 Å². The lowest BCUT2D eigenvalue weighted by atomic mass is 9.80. The van der Waals surface area contributed by atoms with Crippen molar-refractivity contribution in [2.45, 2.75) is 51.6 Å². The van der Waals surface area contributed by atoms with E-state index in [0.29, 0.717) is 6.54 Å². The van der Waals surface area contributed by atoms with Crippen LogP contribution in [0.5, 0.6) is 0 Å². The predicted octanol–water partition coefficient (Wildman–Crippen LogP) is 2.43. The smallest absolute Gasteiger partial charge is 0.102 e. The summed E-state index contributed by atoms with van der Waals surface area (Å²) in [5.74, 6) is 1.69. The van der Waals surface area contributed by atoms with Gasteiger partial charge in [0.2, 0.25) is 0 Å². The van der Waals surface area contributed by atoms with E-state index in [9.17, 15) is 5.11 Å². The summed E-state index contributed by atoms with van der Waals surface area (Å²) >= 11 is 0. The van der Waals surface area contributed by atoms with E-state index in [4.69, 9.17) is 0 Å². The van der Waals surface area contributed by atoms with Gasteiger partial charge in [-0.25, -0.2) is 0 Å². The van der Waals surface area contributed by atoms with Crippen molar-refractivity contribution in [3.63, 3.8) is 0 Å². The largest absolute Gasteiger partial charge is 0.384 e. The van der Waals surface area contributed by atoms with Crippen LogP contribution in [0.2, 0.25) is 0 Å². The van der Waals surface area contributed by atoms with Gasteiger partial charge >= 0.3 is 0 Å². The van der Waals surface area contributed by atoms with Crippen LogP contribution in [-0.2, 0) is 12.6 Å². The first-order valence-corrected chi connectivity index (χ1v) is 7.93. The van der Waals surface area contributed by atoms with E-state index in [1.54, 1.807) is 10.9 Å². The average molecular weight is 279 g/mol. The van der Waals surface area contributed by atoms with Crippen LogP contribution in [0.4, 0.5) is 0 Å². The second-order valence-electron chi connectivity index (χ2n) is 6.61. The average Bonchev–Trinajstić information content (AvgIpc) is 2.86. The van der Waals surface area contributed by atoms with E-state index in [1.807, 2.05) is 20.2 Å². The molecule has 4 nitrogen and oxygen atoms in total. The number of rotatable bonds is 6. The van der Waals surface area contributed by atoms with Gasteiger partial charge in [-0.2, -0.15) is 5.10 Å². The van der Waals surface area contributed by atoms with Gasteiger partial charge in [-0.3, -0.25) is 4.68 Å². The number of hydrogen-bond donors (Lipinski definition) is 2. The second-order valence-corrected chi connectivity index (χ2v) is 6.61. The molecule has 1 aliphatic rings. The van der Waals surface area contributed by atoms with Gasteiger partial charge in [-0.1, -0.05) is 26.2 Å². The highest BCUT2D eigenvalue weighted by molar-refractivity contribution is 5.14. The molecule has 0 saturated heterocycles. The number of aromatic nitrogens is 2. The molecule has 0 aromatic carbocycles. The monoisotopic (exact) mass is 279 g/mol. The van der Waals surface area contributed by atoms with Crippen LogP contribution in [0.25, 0.3) is 0 Å². The Morgan fingerprint density at radius 3 is 2.85 bits per heavy atom. The molecule has 3 unspecified atom stereocenters. The fourth-order valence-electron chi connectivity index (χ4n) is 3.28. The number of aryl methyl sites for hydroxylation is 1. The third-order valence-corrected chi connectivity index (χ3v) is 4.70. The molecule has 114 valence electrons. The van der Waals surface area contributed by atoms with Crippen molar-refractivity contribution < 1.29 is 5.11 Å². The van der Waals surface area contributed by atoms with Crippen molar-refractivity contribution in [2.75, 3.05) is 13.1 Å². The van der Waals surface area contributed by atoms with Gasteiger partial charge in [0, 0.05) is 25.4 Å². The fraction of sp³-hybridized carbons (Fsp3) is 0.812.